The van der Waals surface area contributed by atoms with E-state index in [2.05, 4.69) is 5.10 Å². The van der Waals surface area contributed by atoms with E-state index in [1.165, 1.54) is 8.97 Å². The Kier molecular flexibility index (Phi) is 3.66. The van der Waals surface area contributed by atoms with Crippen molar-refractivity contribution >= 4 is 16.7 Å². The SMILES string of the molecule is Cc1ccc(Cn2c(=O)c3ccccc3n3c(=O)n(CC#N)nc23)cc1. The fraction of sp³-hybridized carbons (Fsp3) is 0.158. The van der Waals surface area contributed by atoms with Crippen LogP contribution in [0.4, 0.5) is 0 Å². The van der Waals surface area contributed by atoms with Crippen molar-refractivity contribution in [3.05, 3.63) is 80.5 Å². The lowest BCUT2D eigenvalue weighted by Gasteiger charge is -2.10. The van der Waals surface area contributed by atoms with E-state index in [-0.39, 0.29) is 24.4 Å². The van der Waals surface area contributed by atoms with Gasteiger partial charge in [0.15, 0.2) is 0 Å². The minimum Gasteiger partial charge on any atom is -0.272 e. The number of nitrogens with zero attached hydrogens (tertiary/aromatic N) is 5. The van der Waals surface area contributed by atoms with Crippen molar-refractivity contribution in [3.63, 3.8) is 0 Å². The topological polar surface area (TPSA) is 85.1 Å². The van der Waals surface area contributed by atoms with Crippen LogP contribution in [0.5, 0.6) is 0 Å². The summed E-state index contributed by atoms with van der Waals surface area (Å²) in [5, 5.41) is 13.6. The summed E-state index contributed by atoms with van der Waals surface area (Å²) in [6, 6.07) is 16.7. The van der Waals surface area contributed by atoms with E-state index in [4.69, 9.17) is 5.26 Å². The fourth-order valence-electron chi connectivity index (χ4n) is 3.06. The first-order valence-corrected chi connectivity index (χ1v) is 8.14. The Bertz CT molecular complexity index is 1290. The molecule has 2 heterocycles. The third-order valence-corrected chi connectivity index (χ3v) is 4.37. The third-order valence-electron chi connectivity index (χ3n) is 4.37. The molecule has 4 rings (SSSR count). The van der Waals surface area contributed by atoms with Crippen LogP contribution >= 0.6 is 0 Å². The summed E-state index contributed by atoms with van der Waals surface area (Å²) in [5.74, 6) is 0.231. The molecule has 7 heteroatoms. The maximum atomic E-state index is 13.0. The molecule has 0 unspecified atom stereocenters. The highest BCUT2D eigenvalue weighted by Gasteiger charge is 2.17. The Hall–Kier alpha value is -3.66. The average molecular weight is 345 g/mol. The van der Waals surface area contributed by atoms with Crippen molar-refractivity contribution < 1.29 is 0 Å². The van der Waals surface area contributed by atoms with Gasteiger partial charge >= 0.3 is 5.69 Å². The number of hydrogen-bond acceptors (Lipinski definition) is 4. The van der Waals surface area contributed by atoms with Gasteiger partial charge < -0.3 is 0 Å². The quantitative estimate of drug-likeness (QED) is 0.565. The summed E-state index contributed by atoms with van der Waals surface area (Å²) in [7, 11) is 0. The number of benzene rings is 2. The number of fused-ring (bicyclic) bond motifs is 3. The third kappa shape index (κ3) is 2.40. The lowest BCUT2D eigenvalue weighted by molar-refractivity contribution is 0.674. The molecule has 0 saturated heterocycles. The molecule has 0 bridgehead atoms. The zero-order chi connectivity index (χ0) is 18.3. The van der Waals surface area contributed by atoms with Gasteiger partial charge in [-0.05, 0) is 24.6 Å². The van der Waals surface area contributed by atoms with Crippen LogP contribution in [0.15, 0.2) is 58.1 Å². The summed E-state index contributed by atoms with van der Waals surface area (Å²) >= 11 is 0. The molecule has 0 saturated carbocycles. The van der Waals surface area contributed by atoms with Crippen LogP contribution in [-0.4, -0.2) is 18.7 Å². The van der Waals surface area contributed by atoms with Gasteiger partial charge in [0.25, 0.3) is 5.56 Å². The molecule has 128 valence electrons. The monoisotopic (exact) mass is 345 g/mol. The molecular weight excluding hydrogens is 330 g/mol. The van der Waals surface area contributed by atoms with E-state index in [1.54, 1.807) is 24.3 Å². The van der Waals surface area contributed by atoms with Crippen LogP contribution in [0.25, 0.3) is 16.7 Å². The van der Waals surface area contributed by atoms with Crippen LogP contribution in [0, 0.1) is 18.3 Å². The van der Waals surface area contributed by atoms with E-state index in [0.717, 1.165) is 15.8 Å². The predicted molar refractivity (Wildman–Crippen MR) is 97.1 cm³/mol. The number of para-hydroxylation sites is 1. The molecule has 7 nitrogen and oxygen atoms in total. The summed E-state index contributed by atoms with van der Waals surface area (Å²) in [6.45, 7) is 2.11. The van der Waals surface area contributed by atoms with Gasteiger partial charge in [-0.25, -0.2) is 9.20 Å². The van der Waals surface area contributed by atoms with E-state index in [0.29, 0.717) is 10.9 Å². The highest BCUT2D eigenvalue weighted by molar-refractivity contribution is 5.80. The lowest BCUT2D eigenvalue weighted by atomic mass is 10.1. The van der Waals surface area contributed by atoms with Gasteiger partial charge in [-0.15, -0.1) is 5.10 Å². The first-order chi connectivity index (χ1) is 12.6. The molecule has 0 aliphatic heterocycles. The molecule has 0 N–H and O–H groups in total. The number of rotatable bonds is 3. The van der Waals surface area contributed by atoms with Gasteiger partial charge in [0.2, 0.25) is 5.78 Å². The number of aryl methyl sites for hydroxylation is 1. The van der Waals surface area contributed by atoms with Gasteiger partial charge in [-0.3, -0.25) is 9.36 Å². The van der Waals surface area contributed by atoms with Crippen molar-refractivity contribution in [2.75, 3.05) is 0 Å². The van der Waals surface area contributed by atoms with Gasteiger partial charge in [0.1, 0.15) is 6.54 Å². The van der Waals surface area contributed by atoms with Gasteiger partial charge in [-0.2, -0.15) is 9.94 Å². The maximum absolute atomic E-state index is 13.0. The lowest BCUT2D eigenvalue weighted by Crippen LogP contribution is -2.26. The second kappa shape index (κ2) is 6.01. The molecule has 0 aliphatic rings. The molecule has 2 aromatic heterocycles. The Balaban J connectivity index is 2.07. The first-order valence-electron chi connectivity index (χ1n) is 8.14. The first kappa shape index (κ1) is 15.8. The summed E-state index contributed by atoms with van der Waals surface area (Å²) in [6.07, 6.45) is 0. The minimum atomic E-state index is -0.435. The van der Waals surface area contributed by atoms with Gasteiger partial charge in [0, 0.05) is 0 Å². The molecule has 0 atom stereocenters. The van der Waals surface area contributed by atoms with E-state index < -0.39 is 5.69 Å². The molecule has 4 aromatic rings. The number of hydrogen-bond donors (Lipinski definition) is 0. The van der Waals surface area contributed by atoms with Crippen LogP contribution in [-0.2, 0) is 13.1 Å². The molecular formula is C19H15N5O2. The Morgan fingerprint density at radius 2 is 1.81 bits per heavy atom. The van der Waals surface area contributed by atoms with Gasteiger partial charge in [0.05, 0.1) is 23.5 Å². The normalized spacial score (nSPS) is 11.1. The number of aromatic nitrogens is 4. The molecule has 0 radical (unpaired) electrons. The van der Waals surface area contributed by atoms with Gasteiger partial charge in [-0.1, -0.05) is 42.0 Å². The van der Waals surface area contributed by atoms with Crippen molar-refractivity contribution in [2.24, 2.45) is 0 Å². The fourth-order valence-corrected chi connectivity index (χ4v) is 3.06. The second-order valence-electron chi connectivity index (χ2n) is 6.13. The zero-order valence-electron chi connectivity index (χ0n) is 14.1. The van der Waals surface area contributed by atoms with E-state index >= 15 is 0 Å². The molecule has 26 heavy (non-hydrogen) atoms. The van der Waals surface area contributed by atoms with Crippen LogP contribution in [0.2, 0.25) is 0 Å². The smallest absolute Gasteiger partial charge is 0.272 e. The zero-order valence-corrected chi connectivity index (χ0v) is 14.1. The Morgan fingerprint density at radius 1 is 1.08 bits per heavy atom. The molecule has 0 spiro atoms. The van der Waals surface area contributed by atoms with Crippen LogP contribution in [0.3, 0.4) is 0 Å². The molecule has 2 aromatic carbocycles. The largest absolute Gasteiger partial charge is 0.353 e. The van der Waals surface area contributed by atoms with Crippen molar-refractivity contribution in [2.45, 2.75) is 20.0 Å². The van der Waals surface area contributed by atoms with Crippen LogP contribution < -0.4 is 11.2 Å². The summed E-state index contributed by atoms with van der Waals surface area (Å²) < 4.78 is 3.94. The highest BCUT2D eigenvalue weighted by atomic mass is 16.2. The average Bonchev–Trinajstić information content (AvgIpc) is 2.97. The van der Waals surface area contributed by atoms with E-state index in [9.17, 15) is 9.59 Å². The predicted octanol–water partition coefficient (Wildman–Crippen LogP) is 1.69. The summed E-state index contributed by atoms with van der Waals surface area (Å²) in [4.78, 5) is 25.7. The van der Waals surface area contributed by atoms with Crippen LogP contribution in [0.1, 0.15) is 11.1 Å². The summed E-state index contributed by atoms with van der Waals surface area (Å²) in [5.41, 5.74) is 1.89. The Labute approximate surface area is 148 Å². The number of nitriles is 1. The van der Waals surface area contributed by atoms with Crippen molar-refractivity contribution in [1.82, 2.24) is 18.7 Å². The molecule has 0 fully saturated rings. The standard InChI is InChI=1S/C19H15N5O2/c1-13-6-8-14(9-7-13)12-22-17(25)15-4-2-3-5-16(15)24-18(22)21-23(11-10-20)19(24)26/h2-9H,11-12H2,1H3. The Morgan fingerprint density at radius 3 is 2.54 bits per heavy atom. The van der Waals surface area contributed by atoms with E-state index in [1.807, 2.05) is 37.3 Å². The molecule has 0 amide bonds. The molecule has 0 aliphatic carbocycles. The maximum Gasteiger partial charge on any atom is 0.353 e. The van der Waals surface area contributed by atoms with Crippen molar-refractivity contribution in [1.29, 1.82) is 5.26 Å². The minimum absolute atomic E-state index is 0.173. The highest BCUT2D eigenvalue weighted by Crippen LogP contribution is 2.12. The second-order valence-corrected chi connectivity index (χ2v) is 6.13. The van der Waals surface area contributed by atoms with Crippen molar-refractivity contribution in [3.8, 4) is 6.07 Å².